The maximum atomic E-state index is 12.0. The second-order valence-electron chi connectivity index (χ2n) is 6.18. The molecule has 0 fully saturated rings. The van der Waals surface area contributed by atoms with Gasteiger partial charge in [-0.25, -0.2) is 4.98 Å². The first-order valence-corrected chi connectivity index (χ1v) is 9.62. The minimum Gasteiger partial charge on any atom is -0.459 e. The number of rotatable bonds is 7. The molecule has 0 aliphatic carbocycles. The molecular weight excluding hydrogens is 362 g/mol. The summed E-state index contributed by atoms with van der Waals surface area (Å²) in [7, 11) is 0. The number of hydrogen-bond donors (Lipinski definition) is 2. The van der Waals surface area contributed by atoms with Crippen LogP contribution in [0.5, 0.6) is 0 Å². The number of carbonyl (C=O) groups excluding carboxylic acids is 2. The van der Waals surface area contributed by atoms with Gasteiger partial charge in [0, 0.05) is 10.9 Å². The summed E-state index contributed by atoms with van der Waals surface area (Å²) in [4.78, 5) is 28.2. The number of thiazole rings is 1. The fourth-order valence-electron chi connectivity index (χ4n) is 2.50. The van der Waals surface area contributed by atoms with Gasteiger partial charge >= 0.3 is 0 Å². The van der Waals surface area contributed by atoms with Crippen LogP contribution in [0.3, 0.4) is 0 Å². The number of nitrogens with zero attached hydrogens (tertiary/aromatic N) is 1. The molecule has 140 valence electrons. The first-order valence-electron chi connectivity index (χ1n) is 8.74. The summed E-state index contributed by atoms with van der Waals surface area (Å²) in [5.74, 6) is -0.0832. The van der Waals surface area contributed by atoms with Crippen LogP contribution in [0.25, 0.3) is 11.3 Å². The molecule has 1 atom stereocenters. The number of carbonyl (C=O) groups is 2. The van der Waals surface area contributed by atoms with Crippen LogP contribution in [0.15, 0.2) is 52.5 Å². The number of hydrogen-bond acceptors (Lipinski definition) is 5. The van der Waals surface area contributed by atoms with Gasteiger partial charge in [-0.3, -0.25) is 9.59 Å². The Balaban J connectivity index is 1.55. The number of aromatic nitrogens is 1. The first-order chi connectivity index (χ1) is 13.1. The van der Waals surface area contributed by atoms with Gasteiger partial charge in [-0.1, -0.05) is 38.1 Å². The van der Waals surface area contributed by atoms with E-state index in [1.807, 2.05) is 17.5 Å². The van der Waals surface area contributed by atoms with Crippen molar-refractivity contribution < 1.29 is 14.0 Å². The smallest absolute Gasteiger partial charge is 0.287 e. The van der Waals surface area contributed by atoms with E-state index >= 15 is 0 Å². The zero-order valence-corrected chi connectivity index (χ0v) is 16.0. The van der Waals surface area contributed by atoms with Gasteiger partial charge in [0.2, 0.25) is 5.91 Å². The molecule has 3 rings (SSSR count). The molecule has 7 heteroatoms. The molecular formula is C20H21N3O3S. The molecule has 0 radical (unpaired) electrons. The SMILES string of the molecule is CC[C@@H](C)c1ccc(-c2csc(NC(=O)CNC(=O)c3ccco3)n2)cc1. The maximum absolute atomic E-state index is 12.0. The second kappa shape index (κ2) is 8.64. The molecule has 27 heavy (non-hydrogen) atoms. The minimum atomic E-state index is -0.434. The highest BCUT2D eigenvalue weighted by molar-refractivity contribution is 7.14. The quantitative estimate of drug-likeness (QED) is 0.638. The zero-order chi connectivity index (χ0) is 19.2. The lowest BCUT2D eigenvalue weighted by molar-refractivity contribution is -0.115. The highest BCUT2D eigenvalue weighted by atomic mass is 32.1. The van der Waals surface area contributed by atoms with Crippen LogP contribution in [0.1, 0.15) is 42.3 Å². The fraction of sp³-hybridized carbons (Fsp3) is 0.250. The van der Waals surface area contributed by atoms with E-state index in [1.54, 1.807) is 6.07 Å². The normalized spacial score (nSPS) is 11.8. The molecule has 1 aromatic carbocycles. The summed E-state index contributed by atoms with van der Waals surface area (Å²) >= 11 is 1.35. The number of furan rings is 1. The Morgan fingerprint density at radius 1 is 1.22 bits per heavy atom. The molecule has 0 saturated heterocycles. The van der Waals surface area contributed by atoms with Crippen LogP contribution in [-0.4, -0.2) is 23.3 Å². The monoisotopic (exact) mass is 383 g/mol. The summed E-state index contributed by atoms with van der Waals surface area (Å²) in [6.07, 6.45) is 2.50. The van der Waals surface area contributed by atoms with Crippen molar-refractivity contribution in [2.75, 3.05) is 11.9 Å². The van der Waals surface area contributed by atoms with Gasteiger partial charge in [0.25, 0.3) is 5.91 Å². The largest absolute Gasteiger partial charge is 0.459 e. The fourth-order valence-corrected chi connectivity index (χ4v) is 3.24. The molecule has 2 heterocycles. The lowest BCUT2D eigenvalue weighted by Crippen LogP contribution is -2.32. The molecule has 0 saturated carbocycles. The molecule has 0 bridgehead atoms. The summed E-state index contributed by atoms with van der Waals surface area (Å²) in [6, 6.07) is 11.5. The van der Waals surface area contributed by atoms with Crippen molar-refractivity contribution in [1.82, 2.24) is 10.3 Å². The van der Waals surface area contributed by atoms with Crippen molar-refractivity contribution in [3.63, 3.8) is 0 Å². The van der Waals surface area contributed by atoms with E-state index in [0.717, 1.165) is 17.7 Å². The molecule has 3 aromatic rings. The topological polar surface area (TPSA) is 84.2 Å². The predicted octanol–water partition coefficient (Wildman–Crippen LogP) is 4.29. The highest BCUT2D eigenvalue weighted by Crippen LogP contribution is 2.27. The number of nitrogens with one attached hydrogen (secondary N) is 2. The average molecular weight is 383 g/mol. The van der Waals surface area contributed by atoms with Crippen LogP contribution in [0.2, 0.25) is 0 Å². The van der Waals surface area contributed by atoms with Gasteiger partial charge in [0.1, 0.15) is 0 Å². The van der Waals surface area contributed by atoms with Crippen molar-refractivity contribution in [1.29, 1.82) is 0 Å². The van der Waals surface area contributed by atoms with Gasteiger partial charge in [-0.15, -0.1) is 11.3 Å². The van der Waals surface area contributed by atoms with Gasteiger partial charge in [-0.05, 0) is 30.0 Å². The highest BCUT2D eigenvalue weighted by Gasteiger charge is 2.12. The summed E-state index contributed by atoms with van der Waals surface area (Å²) in [6.45, 7) is 4.22. The van der Waals surface area contributed by atoms with Gasteiger partial charge < -0.3 is 15.1 Å². The van der Waals surface area contributed by atoms with E-state index in [4.69, 9.17) is 4.42 Å². The van der Waals surface area contributed by atoms with E-state index in [-0.39, 0.29) is 18.2 Å². The zero-order valence-electron chi connectivity index (χ0n) is 15.2. The van der Waals surface area contributed by atoms with E-state index < -0.39 is 5.91 Å². The molecule has 0 spiro atoms. The van der Waals surface area contributed by atoms with Gasteiger partial charge in [-0.2, -0.15) is 0 Å². The third-order valence-electron chi connectivity index (χ3n) is 4.29. The van der Waals surface area contributed by atoms with Crippen molar-refractivity contribution in [3.8, 4) is 11.3 Å². The summed E-state index contributed by atoms with van der Waals surface area (Å²) < 4.78 is 4.97. The van der Waals surface area contributed by atoms with Crippen molar-refractivity contribution in [2.24, 2.45) is 0 Å². The Bertz CT molecular complexity index is 901. The summed E-state index contributed by atoms with van der Waals surface area (Å²) in [5.41, 5.74) is 3.12. The number of benzene rings is 1. The Labute approximate surface area is 161 Å². The third kappa shape index (κ3) is 4.83. The van der Waals surface area contributed by atoms with Gasteiger partial charge in [0.05, 0.1) is 18.5 Å². The maximum Gasteiger partial charge on any atom is 0.287 e. The van der Waals surface area contributed by atoms with Crippen LogP contribution in [0.4, 0.5) is 5.13 Å². The number of amides is 2. The Morgan fingerprint density at radius 3 is 2.67 bits per heavy atom. The van der Waals surface area contributed by atoms with Crippen LogP contribution >= 0.6 is 11.3 Å². The lowest BCUT2D eigenvalue weighted by atomic mass is 9.97. The van der Waals surface area contributed by atoms with E-state index in [1.165, 1.54) is 29.2 Å². The third-order valence-corrected chi connectivity index (χ3v) is 5.05. The van der Waals surface area contributed by atoms with E-state index in [9.17, 15) is 9.59 Å². The Kier molecular flexibility index (Phi) is 6.03. The Hall–Kier alpha value is -2.93. The molecule has 2 amide bonds. The molecule has 6 nitrogen and oxygen atoms in total. The van der Waals surface area contributed by atoms with E-state index in [0.29, 0.717) is 11.0 Å². The molecule has 0 unspecified atom stereocenters. The predicted molar refractivity (Wildman–Crippen MR) is 106 cm³/mol. The van der Waals surface area contributed by atoms with Crippen LogP contribution in [0, 0.1) is 0 Å². The van der Waals surface area contributed by atoms with Gasteiger partial charge in [0.15, 0.2) is 10.9 Å². The summed E-state index contributed by atoms with van der Waals surface area (Å²) in [5, 5.41) is 7.58. The lowest BCUT2D eigenvalue weighted by Gasteiger charge is -2.08. The molecule has 0 aliphatic heterocycles. The van der Waals surface area contributed by atoms with Crippen molar-refractivity contribution in [2.45, 2.75) is 26.2 Å². The molecule has 0 aliphatic rings. The standard InChI is InChI=1S/C20H21N3O3S/c1-3-13(2)14-6-8-15(9-7-14)16-12-27-20(22-16)23-18(24)11-21-19(25)17-5-4-10-26-17/h4-10,12-13H,3,11H2,1-2H3,(H,21,25)(H,22,23,24)/t13-/m1/s1. The minimum absolute atomic E-state index is 0.155. The molecule has 2 N–H and O–H groups in total. The van der Waals surface area contributed by atoms with E-state index in [2.05, 4.69) is 41.6 Å². The van der Waals surface area contributed by atoms with Crippen molar-refractivity contribution >= 4 is 28.3 Å². The second-order valence-corrected chi connectivity index (χ2v) is 7.04. The first kappa shape index (κ1) is 18.8. The molecule has 2 aromatic heterocycles. The van der Waals surface area contributed by atoms with Crippen LogP contribution in [-0.2, 0) is 4.79 Å². The van der Waals surface area contributed by atoms with Crippen LogP contribution < -0.4 is 10.6 Å². The average Bonchev–Trinajstić information content (AvgIpc) is 3.38. The number of anilines is 1. The Morgan fingerprint density at radius 2 is 2.00 bits per heavy atom. The van der Waals surface area contributed by atoms with Crippen molar-refractivity contribution in [3.05, 3.63) is 59.4 Å².